The summed E-state index contributed by atoms with van der Waals surface area (Å²) >= 11 is 6.30. The lowest BCUT2D eigenvalue weighted by molar-refractivity contribution is -0.141. The van der Waals surface area contributed by atoms with Crippen molar-refractivity contribution in [3.05, 3.63) is 105 Å². The third-order valence-electron chi connectivity index (χ3n) is 9.00. The van der Waals surface area contributed by atoms with E-state index in [2.05, 4.69) is 5.94 Å². The summed E-state index contributed by atoms with van der Waals surface area (Å²) in [5.74, 6) is 1.11. The first-order valence-electron chi connectivity index (χ1n) is 15.8. The number of piperazine rings is 2. The smallest absolute Gasteiger partial charge is 0.417 e. The zero-order chi connectivity index (χ0) is 36.4. The largest absolute Gasteiger partial charge is 0.478 e. The van der Waals surface area contributed by atoms with E-state index in [-0.39, 0.29) is 56.9 Å². The molecule has 0 unspecified atom stereocenters. The fourth-order valence-electron chi connectivity index (χ4n) is 6.21. The number of benzene rings is 3. The minimum absolute atomic E-state index is 0.0124. The molecule has 7 nitrogen and oxygen atoms in total. The molecule has 2 saturated heterocycles. The van der Waals surface area contributed by atoms with Crippen molar-refractivity contribution in [2.24, 2.45) is 0 Å². The molecule has 268 valence electrons. The first-order valence-corrected chi connectivity index (χ1v) is 16.1. The summed E-state index contributed by atoms with van der Waals surface area (Å²) in [6.45, 7) is 5.67. The average molecular weight is 727 g/mol. The molecule has 2 aliphatic rings. The van der Waals surface area contributed by atoms with E-state index in [1.807, 2.05) is 28.5 Å². The van der Waals surface area contributed by atoms with E-state index in [0.29, 0.717) is 53.8 Å². The number of alkyl halides is 6. The Morgan fingerprint density at radius 3 is 2.20 bits per heavy atom. The molecule has 3 aromatic carbocycles. The van der Waals surface area contributed by atoms with Gasteiger partial charge in [-0.2, -0.15) is 26.3 Å². The highest BCUT2D eigenvalue weighted by atomic mass is 35.5. The van der Waals surface area contributed by atoms with Gasteiger partial charge in [-0.25, -0.2) is 9.18 Å². The Morgan fingerprint density at radius 2 is 1.58 bits per heavy atom. The number of nitrogens with zero attached hydrogens (tertiary/aromatic N) is 4. The second kappa shape index (κ2) is 15.0. The van der Waals surface area contributed by atoms with Gasteiger partial charge < -0.3 is 14.5 Å². The van der Waals surface area contributed by atoms with E-state index in [4.69, 9.17) is 16.3 Å². The van der Waals surface area contributed by atoms with E-state index in [1.165, 1.54) is 12.1 Å². The number of carbonyl (C=O) groups excluding carboxylic acids is 2. The lowest BCUT2D eigenvalue weighted by Gasteiger charge is -2.45. The molecule has 0 spiro atoms. The molecule has 0 bridgehead atoms. The van der Waals surface area contributed by atoms with Crippen LogP contribution in [0, 0.1) is 5.82 Å². The van der Waals surface area contributed by atoms with E-state index in [9.17, 15) is 40.3 Å². The van der Waals surface area contributed by atoms with E-state index in [1.54, 1.807) is 30.3 Å². The van der Waals surface area contributed by atoms with Crippen molar-refractivity contribution < 1.29 is 45.1 Å². The molecular formula is C35H34ClF7N4O3. The van der Waals surface area contributed by atoms with Gasteiger partial charge in [0, 0.05) is 62.4 Å². The summed E-state index contributed by atoms with van der Waals surface area (Å²) < 4.78 is 100. The van der Waals surface area contributed by atoms with Gasteiger partial charge in [-0.05, 0) is 67.9 Å². The summed E-state index contributed by atoms with van der Waals surface area (Å²) in [7, 11) is 0. The lowest BCUT2D eigenvalue weighted by Crippen LogP contribution is -2.55. The maximum Gasteiger partial charge on any atom is 0.417 e. The molecule has 0 N–H and O–H groups in total. The molecule has 1 amide bonds. The Morgan fingerprint density at radius 1 is 0.900 bits per heavy atom. The van der Waals surface area contributed by atoms with Crippen molar-refractivity contribution in [1.82, 2.24) is 19.6 Å². The van der Waals surface area contributed by atoms with Crippen LogP contribution in [-0.2, 0) is 30.2 Å². The average Bonchev–Trinajstić information content (AvgIpc) is 3.06. The third kappa shape index (κ3) is 8.60. The van der Waals surface area contributed by atoms with Crippen LogP contribution >= 0.6 is 11.6 Å². The normalized spacial score (nSPS) is 19.4. The molecule has 2 aliphatic heterocycles. The van der Waals surface area contributed by atoms with Gasteiger partial charge in [0.1, 0.15) is 29.9 Å². The van der Waals surface area contributed by atoms with Gasteiger partial charge in [0.25, 0.3) is 5.91 Å². The molecule has 50 heavy (non-hydrogen) atoms. The van der Waals surface area contributed by atoms with Crippen molar-refractivity contribution in [1.29, 1.82) is 0 Å². The fourth-order valence-corrected chi connectivity index (χ4v) is 6.41. The molecule has 15 heteroatoms. The predicted octanol–water partition coefficient (Wildman–Crippen LogP) is 7.12. The van der Waals surface area contributed by atoms with Crippen LogP contribution in [0.4, 0.5) is 30.7 Å². The van der Waals surface area contributed by atoms with Gasteiger partial charge in [-0.1, -0.05) is 23.7 Å². The second-order valence-corrected chi connectivity index (χ2v) is 12.8. The molecule has 5 rings (SSSR count). The number of rotatable bonds is 8. The molecule has 2 heterocycles. The molecular weight excluding hydrogens is 693 g/mol. The molecule has 0 aromatic heterocycles. The van der Waals surface area contributed by atoms with Crippen LogP contribution in [-0.4, -0.2) is 83.0 Å². The van der Waals surface area contributed by atoms with Crippen LogP contribution < -0.4 is 4.74 Å². The number of carbonyl (C=O) groups is 1. The molecule has 2 atom stereocenters. The molecule has 0 radical (unpaired) electrons. The second-order valence-electron chi connectivity index (χ2n) is 12.4. The van der Waals surface area contributed by atoms with E-state index < -0.39 is 35.0 Å². The summed E-state index contributed by atoms with van der Waals surface area (Å²) in [6.07, 6.45) is -9.93. The Balaban J connectivity index is 1.22. The van der Waals surface area contributed by atoms with Crippen LogP contribution in [0.1, 0.15) is 46.5 Å². The summed E-state index contributed by atoms with van der Waals surface area (Å²) in [5, 5.41) is 0.438. The van der Waals surface area contributed by atoms with Crippen molar-refractivity contribution in [2.75, 3.05) is 39.5 Å². The van der Waals surface area contributed by atoms with E-state index >= 15 is 0 Å². The summed E-state index contributed by atoms with van der Waals surface area (Å²) in [4.78, 5) is 32.2. The van der Waals surface area contributed by atoms with Crippen LogP contribution in [0.25, 0.3) is 0 Å². The van der Waals surface area contributed by atoms with Gasteiger partial charge >= 0.3 is 12.4 Å². The molecule has 3 aromatic rings. The van der Waals surface area contributed by atoms with Crippen molar-refractivity contribution in [2.45, 2.75) is 51.4 Å². The van der Waals surface area contributed by atoms with Crippen LogP contribution in [0.2, 0.25) is 5.02 Å². The summed E-state index contributed by atoms with van der Waals surface area (Å²) in [6, 6.07) is 11.6. The van der Waals surface area contributed by atoms with Crippen molar-refractivity contribution >= 4 is 23.4 Å². The third-order valence-corrected chi connectivity index (χ3v) is 9.23. The number of halogens is 8. The standard InChI is InChI=1S/C35H34ClF7N4O3/c1-22-17-46(23(2)31(20-48)47(22)18-24-3-7-28(37)8-4-24)21-50-32-10-6-27(36)15-25(32)19-44-11-13-45(14-12-44)33(49)29-16-26(34(38,39)40)5-9-30(29)35(41,42)43/h3-10,15-16,22-23H,11-14,17-19,21H2,1-2H3/t22-,23+/m1/s1. The Bertz CT molecular complexity index is 1740. The summed E-state index contributed by atoms with van der Waals surface area (Å²) in [5.41, 5.74) is -1.81. The number of amides is 1. The quantitative estimate of drug-likeness (QED) is 0.182. The van der Waals surface area contributed by atoms with Gasteiger partial charge in [0.05, 0.1) is 22.7 Å². The van der Waals surface area contributed by atoms with Crippen molar-refractivity contribution in [3.8, 4) is 5.75 Å². The predicted molar refractivity (Wildman–Crippen MR) is 171 cm³/mol. The molecule has 2 fully saturated rings. The lowest BCUT2D eigenvalue weighted by atomic mass is 10.0. The zero-order valence-electron chi connectivity index (χ0n) is 27.1. The van der Waals surface area contributed by atoms with E-state index in [0.717, 1.165) is 10.5 Å². The number of hydrogen-bond acceptors (Lipinski definition) is 6. The zero-order valence-corrected chi connectivity index (χ0v) is 27.9. The highest BCUT2D eigenvalue weighted by Crippen LogP contribution is 2.37. The molecule has 0 aliphatic carbocycles. The minimum atomic E-state index is -5.02. The Hall–Kier alpha value is -4.10. The number of hydrogen-bond donors (Lipinski definition) is 0. The Kier molecular flexibility index (Phi) is 11.2. The molecule has 0 saturated carbocycles. The SMILES string of the molecule is C[C@@H]1CN(COc2ccc(Cl)cc2CN2CCN(C(=O)c3cc(C(F)(F)F)ccc3C(F)(F)F)CC2)[C@@H](C)C(=C=O)N1Cc1ccc(F)cc1. The van der Waals surface area contributed by atoms with Crippen LogP contribution in [0.5, 0.6) is 5.75 Å². The van der Waals surface area contributed by atoms with Crippen LogP contribution in [0.15, 0.2) is 66.4 Å². The van der Waals surface area contributed by atoms with Gasteiger partial charge in [0.15, 0.2) is 0 Å². The number of ether oxygens (including phenoxy) is 1. The van der Waals surface area contributed by atoms with Gasteiger partial charge in [0.2, 0.25) is 0 Å². The Labute approximate surface area is 289 Å². The fraction of sp³-hybridized carbons (Fsp3) is 0.400. The highest BCUT2D eigenvalue weighted by molar-refractivity contribution is 6.30. The maximum absolute atomic E-state index is 13.6. The van der Waals surface area contributed by atoms with Gasteiger partial charge in [-0.3, -0.25) is 14.6 Å². The van der Waals surface area contributed by atoms with Crippen molar-refractivity contribution in [3.63, 3.8) is 0 Å². The van der Waals surface area contributed by atoms with Gasteiger partial charge in [-0.15, -0.1) is 0 Å². The maximum atomic E-state index is 13.6. The topological polar surface area (TPSA) is 56.3 Å². The first kappa shape index (κ1) is 37.2. The van der Waals surface area contributed by atoms with Crippen LogP contribution in [0.3, 0.4) is 0 Å². The highest BCUT2D eigenvalue weighted by Gasteiger charge is 2.40. The first-order chi connectivity index (χ1) is 23.5. The monoisotopic (exact) mass is 726 g/mol. The minimum Gasteiger partial charge on any atom is -0.478 e.